The van der Waals surface area contributed by atoms with Gasteiger partial charge in [0.1, 0.15) is 11.6 Å². The van der Waals surface area contributed by atoms with Crippen LogP contribution in [-0.4, -0.2) is 51.2 Å². The zero-order valence-electron chi connectivity index (χ0n) is 23.1. The molecule has 4 N–H and O–H groups in total. The van der Waals surface area contributed by atoms with Crippen molar-refractivity contribution in [3.05, 3.63) is 96.4 Å². The first-order valence-corrected chi connectivity index (χ1v) is 14.5. The Morgan fingerprint density at radius 3 is 2.52 bits per heavy atom. The summed E-state index contributed by atoms with van der Waals surface area (Å²) >= 11 is 1.61. The van der Waals surface area contributed by atoms with Gasteiger partial charge >= 0.3 is 6.09 Å². The van der Waals surface area contributed by atoms with Gasteiger partial charge in [0.15, 0.2) is 0 Å². The van der Waals surface area contributed by atoms with Gasteiger partial charge in [0.25, 0.3) is 0 Å². The summed E-state index contributed by atoms with van der Waals surface area (Å²) in [5.41, 5.74) is 3.37. The van der Waals surface area contributed by atoms with Crippen LogP contribution in [0, 0.1) is 0 Å². The van der Waals surface area contributed by atoms with Gasteiger partial charge in [-0.2, -0.15) is 11.8 Å². The van der Waals surface area contributed by atoms with Gasteiger partial charge in [-0.05, 0) is 62.6 Å². The third kappa shape index (κ3) is 9.05. The number of ether oxygens (including phenoxy) is 1. The summed E-state index contributed by atoms with van der Waals surface area (Å²) in [6.07, 6.45) is 5.61. The molecule has 1 unspecified atom stereocenters. The molecule has 2 heterocycles. The molecule has 2 amide bonds. The number of para-hydroxylation sites is 2. The molecule has 9 heteroatoms. The predicted octanol–water partition coefficient (Wildman–Crippen LogP) is 5.53. The molecule has 0 fully saturated rings. The van der Waals surface area contributed by atoms with Crippen molar-refractivity contribution < 1.29 is 14.3 Å². The van der Waals surface area contributed by atoms with Crippen molar-refractivity contribution in [2.75, 3.05) is 16.8 Å². The third-order valence-corrected chi connectivity index (χ3v) is 7.29. The van der Waals surface area contributed by atoms with Crippen molar-refractivity contribution in [3.8, 4) is 0 Å². The molecule has 0 radical (unpaired) electrons. The number of nitrogens with one attached hydrogen (secondary N) is 4. The number of alkyl carbamates (subject to hydrolysis) is 1. The molecule has 210 valence electrons. The van der Waals surface area contributed by atoms with Gasteiger partial charge in [-0.15, -0.1) is 0 Å². The van der Waals surface area contributed by atoms with Gasteiger partial charge in [0, 0.05) is 59.3 Å². The van der Waals surface area contributed by atoms with Crippen LogP contribution >= 0.6 is 11.8 Å². The average molecular weight is 560 g/mol. The number of pyridine rings is 1. The number of carbonyl (C=O) groups is 2. The first-order valence-electron chi connectivity index (χ1n) is 13.4. The Bertz CT molecular complexity index is 1370. The number of aromatic nitrogens is 2. The number of anilines is 1. The normalized spacial score (nSPS) is 12.9. The highest BCUT2D eigenvalue weighted by atomic mass is 32.2. The first kappa shape index (κ1) is 29.0. The molecule has 4 aromatic rings. The Balaban J connectivity index is 1.43. The summed E-state index contributed by atoms with van der Waals surface area (Å²) in [4.78, 5) is 33.4. The van der Waals surface area contributed by atoms with Crippen LogP contribution in [0.3, 0.4) is 0 Å². The number of nitrogens with zero attached hydrogens (tertiary/aromatic N) is 1. The lowest BCUT2D eigenvalue weighted by atomic mass is 10.1. The quantitative estimate of drug-likeness (QED) is 0.182. The average Bonchev–Trinajstić information content (AvgIpc) is 3.34. The van der Waals surface area contributed by atoms with E-state index < -0.39 is 17.7 Å². The molecule has 0 saturated heterocycles. The molecule has 0 spiro atoms. The second-order valence-electron chi connectivity index (χ2n) is 10.6. The molecule has 8 nitrogen and oxygen atoms in total. The molecule has 0 bridgehead atoms. The lowest BCUT2D eigenvalue weighted by molar-refractivity contribution is -0.121. The van der Waals surface area contributed by atoms with E-state index in [1.807, 2.05) is 87.6 Å². The number of H-pyrrole nitrogens is 1. The van der Waals surface area contributed by atoms with Crippen molar-refractivity contribution in [2.45, 2.75) is 51.4 Å². The van der Waals surface area contributed by atoms with Gasteiger partial charge in [-0.25, -0.2) is 4.79 Å². The maximum Gasteiger partial charge on any atom is 0.407 e. The minimum atomic E-state index is -0.598. The zero-order valence-corrected chi connectivity index (χ0v) is 24.0. The summed E-state index contributed by atoms with van der Waals surface area (Å²) in [6, 6.07) is 20.9. The summed E-state index contributed by atoms with van der Waals surface area (Å²) in [5, 5.41) is 10.6. The van der Waals surface area contributed by atoms with Crippen LogP contribution in [0.25, 0.3) is 10.9 Å². The number of rotatable bonds is 12. The van der Waals surface area contributed by atoms with E-state index in [4.69, 9.17) is 4.74 Å². The molecule has 4 rings (SSSR count). The van der Waals surface area contributed by atoms with Gasteiger partial charge in [0.05, 0.1) is 0 Å². The molecular weight excluding hydrogens is 522 g/mol. The fraction of sp³-hybridized carbons (Fsp3) is 0.323. The lowest BCUT2D eigenvalue weighted by Gasteiger charge is -2.24. The number of hydrogen-bond acceptors (Lipinski definition) is 6. The minimum absolute atomic E-state index is 0.103. The van der Waals surface area contributed by atoms with Crippen LogP contribution in [0.1, 0.15) is 31.9 Å². The van der Waals surface area contributed by atoms with E-state index in [2.05, 4.69) is 32.0 Å². The molecule has 2 aromatic heterocycles. The maximum absolute atomic E-state index is 13.2. The van der Waals surface area contributed by atoms with E-state index in [1.165, 1.54) is 0 Å². The first-order chi connectivity index (χ1) is 19.3. The second-order valence-corrected chi connectivity index (χ2v) is 11.7. The van der Waals surface area contributed by atoms with E-state index in [9.17, 15) is 9.59 Å². The molecule has 0 aliphatic heterocycles. The SMILES string of the molecule is CC(C)(C)OC(=O)N[C@H](CSCC(Nc1ccccc1)C(=O)NCc1cccnc1)Cc1c[nH]c2ccccc12. The fourth-order valence-corrected chi connectivity index (χ4v) is 5.35. The highest BCUT2D eigenvalue weighted by molar-refractivity contribution is 7.99. The lowest BCUT2D eigenvalue weighted by Crippen LogP contribution is -2.43. The van der Waals surface area contributed by atoms with Gasteiger partial charge in [0.2, 0.25) is 5.91 Å². The molecule has 0 saturated carbocycles. The summed E-state index contributed by atoms with van der Waals surface area (Å²) in [6.45, 7) is 5.94. The van der Waals surface area contributed by atoms with E-state index in [1.54, 1.807) is 24.2 Å². The minimum Gasteiger partial charge on any atom is -0.444 e. The van der Waals surface area contributed by atoms with Crippen molar-refractivity contribution >= 4 is 40.4 Å². The van der Waals surface area contributed by atoms with Crippen LogP contribution in [0.4, 0.5) is 10.5 Å². The molecular formula is C31H37N5O3S. The Morgan fingerprint density at radius 2 is 1.77 bits per heavy atom. The Labute approximate surface area is 239 Å². The van der Waals surface area contributed by atoms with Gasteiger partial charge < -0.3 is 25.7 Å². The summed E-state index contributed by atoms with van der Waals surface area (Å²) < 4.78 is 5.54. The largest absolute Gasteiger partial charge is 0.444 e. The number of amides is 2. The Morgan fingerprint density at radius 1 is 1.00 bits per heavy atom. The van der Waals surface area contributed by atoms with Gasteiger partial charge in [-0.3, -0.25) is 9.78 Å². The topological polar surface area (TPSA) is 108 Å². The fourth-order valence-electron chi connectivity index (χ4n) is 4.25. The number of aromatic amines is 1. The number of fused-ring (bicyclic) bond motifs is 1. The van der Waals surface area contributed by atoms with Crippen molar-refractivity contribution in [2.24, 2.45) is 0 Å². The maximum atomic E-state index is 13.2. The summed E-state index contributed by atoms with van der Waals surface area (Å²) in [7, 11) is 0. The standard InChI is InChI=1S/C31H37N5O3S/c1-31(2,3)39-30(38)36-25(16-23-19-33-27-14-8-7-13-26(23)27)20-40-21-28(35-24-11-5-4-6-12-24)29(37)34-18-22-10-9-15-32-17-22/h4-15,17,19,25,28,33,35H,16,18,20-21H2,1-3H3,(H,34,37)(H,36,38)/t25-,28?/m0/s1. The van der Waals surface area contributed by atoms with Crippen LogP contribution in [-0.2, 0) is 22.5 Å². The highest BCUT2D eigenvalue weighted by Gasteiger charge is 2.23. The highest BCUT2D eigenvalue weighted by Crippen LogP contribution is 2.21. The smallest absolute Gasteiger partial charge is 0.407 e. The number of carbonyl (C=O) groups excluding carboxylic acids is 2. The molecule has 0 aliphatic rings. The summed E-state index contributed by atoms with van der Waals surface area (Å²) in [5.74, 6) is 1.00. The molecule has 0 aliphatic carbocycles. The number of benzene rings is 2. The Kier molecular flexibility index (Phi) is 10.1. The molecule has 2 atom stereocenters. The van der Waals surface area contributed by atoms with Crippen LogP contribution in [0.2, 0.25) is 0 Å². The predicted molar refractivity (Wildman–Crippen MR) is 162 cm³/mol. The van der Waals surface area contributed by atoms with E-state index in [0.717, 1.165) is 27.7 Å². The van der Waals surface area contributed by atoms with Crippen LogP contribution in [0.15, 0.2) is 85.3 Å². The Hall–Kier alpha value is -3.98. The van der Waals surface area contributed by atoms with Gasteiger partial charge in [-0.1, -0.05) is 42.5 Å². The van der Waals surface area contributed by atoms with E-state index >= 15 is 0 Å². The van der Waals surface area contributed by atoms with Crippen molar-refractivity contribution in [1.82, 2.24) is 20.6 Å². The molecule has 40 heavy (non-hydrogen) atoms. The van der Waals surface area contributed by atoms with Crippen molar-refractivity contribution in [1.29, 1.82) is 0 Å². The zero-order chi connectivity index (χ0) is 28.4. The van der Waals surface area contributed by atoms with Crippen molar-refractivity contribution in [3.63, 3.8) is 0 Å². The molecule has 2 aromatic carbocycles. The monoisotopic (exact) mass is 559 g/mol. The van der Waals surface area contributed by atoms with Crippen LogP contribution in [0.5, 0.6) is 0 Å². The van der Waals surface area contributed by atoms with E-state index in [-0.39, 0.29) is 11.9 Å². The van der Waals surface area contributed by atoms with E-state index in [0.29, 0.717) is 24.5 Å². The third-order valence-electron chi connectivity index (χ3n) is 6.09. The second kappa shape index (κ2) is 13.9. The van der Waals surface area contributed by atoms with Crippen LogP contribution < -0.4 is 16.0 Å². The number of thioether (sulfide) groups is 1. The number of hydrogen-bond donors (Lipinski definition) is 4.